The van der Waals surface area contributed by atoms with Gasteiger partial charge < -0.3 is 11.9 Å². The van der Waals surface area contributed by atoms with E-state index in [1.165, 1.54) is 0 Å². The lowest BCUT2D eigenvalue weighted by Gasteiger charge is -2.17. The van der Waals surface area contributed by atoms with Crippen LogP contribution in [0.3, 0.4) is 0 Å². The van der Waals surface area contributed by atoms with Crippen molar-refractivity contribution in [1.82, 2.24) is 6.15 Å². The van der Waals surface area contributed by atoms with Crippen molar-refractivity contribution in [2.75, 3.05) is 13.2 Å². The van der Waals surface area contributed by atoms with Gasteiger partial charge in [0.05, 0.1) is 13.2 Å². The van der Waals surface area contributed by atoms with Crippen molar-refractivity contribution in [3.05, 3.63) is 0 Å². The Balaban J connectivity index is 0. The topological polar surface area (TPSA) is 114 Å². The van der Waals surface area contributed by atoms with E-state index in [0.29, 0.717) is 6.42 Å². The molecule has 0 bridgehead atoms. The van der Waals surface area contributed by atoms with Crippen molar-refractivity contribution in [3.8, 4) is 0 Å². The smallest absolute Gasteiger partial charge is 0.344 e. The summed E-state index contributed by atoms with van der Waals surface area (Å²) in [5, 5.41) is 0. The predicted molar refractivity (Wildman–Crippen MR) is 63.6 cm³/mol. The molecule has 0 aromatic carbocycles. The van der Waals surface area contributed by atoms with Gasteiger partial charge in [-0.3, -0.25) is 0 Å². The largest absolute Gasteiger partial charge is 0.399 e. The molecule has 0 spiro atoms. The second kappa shape index (κ2) is 7.97. The summed E-state index contributed by atoms with van der Waals surface area (Å²) in [4.78, 5) is 0. The average Bonchev–Trinajstić information content (AvgIpc) is 2.00. The maximum atomic E-state index is 10.9. The molecule has 0 heterocycles. The Morgan fingerprint density at radius 2 is 1.75 bits per heavy atom. The maximum absolute atomic E-state index is 10.9. The van der Waals surface area contributed by atoms with Crippen LogP contribution >= 0.6 is 0 Å². The maximum Gasteiger partial charge on any atom is 0.399 e. The van der Waals surface area contributed by atoms with E-state index in [1.54, 1.807) is 6.92 Å². The summed E-state index contributed by atoms with van der Waals surface area (Å²) < 4.78 is 30.8. The third-order valence-electron chi connectivity index (χ3n) is 1.71. The summed E-state index contributed by atoms with van der Waals surface area (Å²) in [7, 11) is -3.78. The van der Waals surface area contributed by atoms with Crippen molar-refractivity contribution in [2.24, 2.45) is 5.73 Å². The zero-order chi connectivity index (χ0) is 11.9. The Morgan fingerprint density at radius 1 is 1.19 bits per heavy atom. The molecule has 0 saturated heterocycles. The lowest BCUT2D eigenvalue weighted by atomic mass is 9.99. The lowest BCUT2D eigenvalue weighted by Crippen LogP contribution is -2.31. The minimum absolute atomic E-state index is 0. The molecule has 0 aliphatic rings. The van der Waals surface area contributed by atoms with E-state index in [2.05, 4.69) is 8.37 Å². The van der Waals surface area contributed by atoms with Gasteiger partial charge in [0.2, 0.25) is 0 Å². The predicted octanol–water partition coefficient (Wildman–Crippen LogP) is 1.35. The van der Waals surface area contributed by atoms with Crippen LogP contribution in [0.15, 0.2) is 0 Å². The van der Waals surface area contributed by atoms with Gasteiger partial charge >= 0.3 is 10.4 Å². The van der Waals surface area contributed by atoms with Gasteiger partial charge in [-0.05, 0) is 40.0 Å². The fourth-order valence-corrected chi connectivity index (χ4v) is 1.70. The highest BCUT2D eigenvalue weighted by Crippen LogP contribution is 2.09. The van der Waals surface area contributed by atoms with E-state index in [1.807, 2.05) is 13.8 Å². The SMILES string of the molecule is CCOS(=O)(=O)OCCCCC(C)(C)N.N. The van der Waals surface area contributed by atoms with E-state index < -0.39 is 10.4 Å². The van der Waals surface area contributed by atoms with E-state index in [9.17, 15) is 8.42 Å². The Bertz CT molecular complexity index is 259. The van der Waals surface area contributed by atoms with Crippen LogP contribution in [0.4, 0.5) is 0 Å². The molecule has 0 rings (SSSR count). The number of unbranched alkanes of at least 4 members (excludes halogenated alkanes) is 1. The Morgan fingerprint density at radius 3 is 2.19 bits per heavy atom. The minimum atomic E-state index is -3.78. The zero-order valence-electron chi connectivity index (χ0n) is 10.4. The number of hydrogen-bond donors (Lipinski definition) is 2. The highest BCUT2D eigenvalue weighted by atomic mass is 32.3. The van der Waals surface area contributed by atoms with E-state index in [-0.39, 0.29) is 24.9 Å². The summed E-state index contributed by atoms with van der Waals surface area (Å²) >= 11 is 0. The van der Waals surface area contributed by atoms with Gasteiger partial charge in [0.25, 0.3) is 0 Å². The molecule has 0 aromatic rings. The Labute approximate surface area is 98.4 Å². The molecular formula is C9H24N2O4S. The molecule has 0 aliphatic heterocycles. The first kappa shape index (κ1) is 18.2. The molecule has 0 aromatic heterocycles. The highest BCUT2D eigenvalue weighted by Gasteiger charge is 2.12. The van der Waals surface area contributed by atoms with E-state index in [4.69, 9.17) is 5.73 Å². The van der Waals surface area contributed by atoms with E-state index >= 15 is 0 Å². The molecule has 5 N–H and O–H groups in total. The monoisotopic (exact) mass is 256 g/mol. The van der Waals surface area contributed by atoms with Crippen molar-refractivity contribution < 1.29 is 16.8 Å². The van der Waals surface area contributed by atoms with Crippen LogP contribution in [0, 0.1) is 0 Å². The normalized spacial score (nSPS) is 12.2. The van der Waals surface area contributed by atoms with Gasteiger partial charge in [0.15, 0.2) is 0 Å². The molecule has 0 radical (unpaired) electrons. The fraction of sp³-hybridized carbons (Fsp3) is 1.00. The van der Waals surface area contributed by atoms with Crippen LogP contribution in [0.25, 0.3) is 0 Å². The van der Waals surface area contributed by atoms with Gasteiger partial charge in [-0.25, -0.2) is 8.37 Å². The molecule has 0 saturated carbocycles. The van der Waals surface area contributed by atoms with Crippen LogP contribution in [0.5, 0.6) is 0 Å². The fourth-order valence-electron chi connectivity index (χ4n) is 1.02. The second-order valence-corrected chi connectivity index (χ2v) is 5.37. The third kappa shape index (κ3) is 11.9. The van der Waals surface area contributed by atoms with Crippen LogP contribution in [0.1, 0.15) is 40.0 Å². The van der Waals surface area contributed by atoms with E-state index in [0.717, 1.165) is 12.8 Å². The number of hydrogen-bond acceptors (Lipinski definition) is 6. The first-order valence-electron chi connectivity index (χ1n) is 5.09. The van der Waals surface area contributed by atoms with Gasteiger partial charge in [-0.15, -0.1) is 0 Å². The average molecular weight is 256 g/mol. The Hall–Kier alpha value is -0.210. The highest BCUT2D eigenvalue weighted by molar-refractivity contribution is 7.81. The molecule has 0 atom stereocenters. The van der Waals surface area contributed by atoms with Crippen molar-refractivity contribution in [1.29, 1.82) is 0 Å². The second-order valence-electron chi connectivity index (χ2n) is 4.08. The van der Waals surface area contributed by atoms with Gasteiger partial charge in [-0.1, -0.05) is 0 Å². The summed E-state index contributed by atoms with van der Waals surface area (Å²) in [6, 6.07) is 0. The third-order valence-corrected chi connectivity index (χ3v) is 2.69. The first-order chi connectivity index (χ1) is 6.77. The molecule has 0 fully saturated rings. The number of rotatable bonds is 8. The molecule has 0 unspecified atom stereocenters. The van der Waals surface area contributed by atoms with Crippen molar-refractivity contribution in [3.63, 3.8) is 0 Å². The summed E-state index contributed by atoms with van der Waals surface area (Å²) in [5.74, 6) is 0. The molecule has 7 heteroatoms. The summed E-state index contributed by atoms with van der Waals surface area (Å²) in [5.41, 5.74) is 5.56. The lowest BCUT2D eigenvalue weighted by molar-refractivity contribution is 0.217. The van der Waals surface area contributed by atoms with Crippen LogP contribution in [-0.4, -0.2) is 27.2 Å². The molecular weight excluding hydrogens is 232 g/mol. The number of nitrogens with two attached hydrogens (primary N) is 1. The quantitative estimate of drug-likeness (QED) is 0.634. The van der Waals surface area contributed by atoms with Crippen molar-refractivity contribution in [2.45, 2.75) is 45.6 Å². The molecule has 100 valence electrons. The van der Waals surface area contributed by atoms with Gasteiger partial charge in [0, 0.05) is 5.54 Å². The minimum Gasteiger partial charge on any atom is -0.344 e. The molecule has 16 heavy (non-hydrogen) atoms. The van der Waals surface area contributed by atoms with Gasteiger partial charge in [-0.2, -0.15) is 8.42 Å². The summed E-state index contributed by atoms with van der Waals surface area (Å²) in [6.07, 6.45) is 2.34. The van der Waals surface area contributed by atoms with Gasteiger partial charge in [0.1, 0.15) is 0 Å². The Kier molecular flexibility index (Phi) is 9.04. The molecule has 6 nitrogen and oxygen atoms in total. The van der Waals surface area contributed by atoms with Crippen LogP contribution < -0.4 is 11.9 Å². The summed E-state index contributed by atoms with van der Waals surface area (Å²) in [6.45, 7) is 5.71. The van der Waals surface area contributed by atoms with Crippen molar-refractivity contribution >= 4 is 10.4 Å². The van der Waals surface area contributed by atoms with Crippen LogP contribution in [-0.2, 0) is 18.8 Å². The van der Waals surface area contributed by atoms with Crippen LogP contribution in [0.2, 0.25) is 0 Å². The molecule has 0 amide bonds. The standard InChI is InChI=1S/C9H21NO4S.H3N/c1-4-13-15(11,12)14-8-6-5-7-9(2,3)10;/h4-8,10H2,1-3H3;1H3. The zero-order valence-corrected chi connectivity index (χ0v) is 11.2. The molecule has 0 aliphatic carbocycles. The first-order valence-corrected chi connectivity index (χ1v) is 6.43.